The number of halogens is 3. The van der Waals surface area contributed by atoms with Crippen LogP contribution >= 0.6 is 23.2 Å². The predicted molar refractivity (Wildman–Crippen MR) is 86.5 cm³/mol. The number of hydrogen-bond donors (Lipinski definition) is 2. The molecule has 0 bridgehead atoms. The molecule has 0 radical (unpaired) electrons. The molecule has 0 atom stereocenters. The van der Waals surface area contributed by atoms with Crippen LogP contribution in [0.4, 0.5) is 4.39 Å². The van der Waals surface area contributed by atoms with Crippen molar-refractivity contribution in [1.82, 2.24) is 4.98 Å². The smallest absolute Gasteiger partial charge is 0.123 e. The zero-order chi connectivity index (χ0) is 15.0. The Morgan fingerprint density at radius 2 is 1.67 bits per heavy atom. The zero-order valence-corrected chi connectivity index (χ0v) is 12.6. The summed E-state index contributed by atoms with van der Waals surface area (Å²) in [5, 5.41) is 2.11. The summed E-state index contributed by atoms with van der Waals surface area (Å²) < 4.78 is 13.1. The fourth-order valence-corrected chi connectivity index (χ4v) is 3.03. The van der Waals surface area contributed by atoms with E-state index in [0.29, 0.717) is 23.0 Å². The number of nitrogens with two attached hydrogens (primary N) is 1. The first-order valence-electron chi connectivity index (χ1n) is 6.56. The topological polar surface area (TPSA) is 41.8 Å². The van der Waals surface area contributed by atoms with Crippen molar-refractivity contribution in [3.05, 3.63) is 57.8 Å². The molecule has 0 aliphatic carbocycles. The Morgan fingerprint density at radius 1 is 1.00 bits per heavy atom. The van der Waals surface area contributed by atoms with Crippen molar-refractivity contribution in [2.75, 3.05) is 6.54 Å². The van der Waals surface area contributed by atoms with E-state index in [0.717, 1.165) is 27.7 Å². The van der Waals surface area contributed by atoms with Gasteiger partial charge in [0.2, 0.25) is 0 Å². The molecule has 2 aromatic carbocycles. The van der Waals surface area contributed by atoms with Crippen LogP contribution in [0.5, 0.6) is 0 Å². The summed E-state index contributed by atoms with van der Waals surface area (Å²) in [5.41, 5.74) is 9.27. The second kappa shape index (κ2) is 5.68. The average molecular weight is 323 g/mol. The van der Waals surface area contributed by atoms with Gasteiger partial charge in [-0.1, -0.05) is 23.2 Å². The lowest BCUT2D eigenvalue weighted by Crippen LogP contribution is -2.03. The van der Waals surface area contributed by atoms with E-state index < -0.39 is 0 Å². The highest BCUT2D eigenvalue weighted by atomic mass is 35.5. The molecule has 0 fully saturated rings. The van der Waals surface area contributed by atoms with E-state index in [1.54, 1.807) is 24.3 Å². The van der Waals surface area contributed by atoms with E-state index in [4.69, 9.17) is 28.9 Å². The van der Waals surface area contributed by atoms with Gasteiger partial charge < -0.3 is 10.7 Å². The van der Waals surface area contributed by atoms with E-state index >= 15 is 0 Å². The summed E-state index contributed by atoms with van der Waals surface area (Å²) in [6.07, 6.45) is 0.659. The molecule has 3 rings (SSSR count). The molecule has 5 heteroatoms. The Balaban J connectivity index is 2.31. The van der Waals surface area contributed by atoms with Gasteiger partial charge in [0, 0.05) is 11.1 Å². The number of rotatable bonds is 3. The van der Waals surface area contributed by atoms with Gasteiger partial charge in [0.05, 0.1) is 15.6 Å². The number of aromatic amines is 1. The first kappa shape index (κ1) is 14.4. The van der Waals surface area contributed by atoms with Gasteiger partial charge in [0.25, 0.3) is 0 Å². The number of aromatic nitrogens is 1. The van der Waals surface area contributed by atoms with Crippen LogP contribution in [0.1, 0.15) is 5.56 Å². The highest BCUT2D eigenvalue weighted by Crippen LogP contribution is 2.38. The first-order chi connectivity index (χ1) is 10.1. The predicted octanol–water partition coefficient (Wildman–Crippen LogP) is 4.78. The average Bonchev–Trinajstić information content (AvgIpc) is 2.85. The number of benzene rings is 2. The molecule has 1 aromatic heterocycles. The molecule has 0 saturated heterocycles. The molecule has 21 heavy (non-hydrogen) atoms. The van der Waals surface area contributed by atoms with Crippen molar-refractivity contribution in [1.29, 1.82) is 0 Å². The molecule has 0 amide bonds. The third kappa shape index (κ3) is 2.53. The quantitative estimate of drug-likeness (QED) is 0.715. The van der Waals surface area contributed by atoms with Crippen LogP contribution in [-0.4, -0.2) is 11.5 Å². The molecule has 0 aliphatic heterocycles. The summed E-state index contributed by atoms with van der Waals surface area (Å²) in [7, 11) is 0. The highest BCUT2D eigenvalue weighted by Gasteiger charge is 2.17. The van der Waals surface area contributed by atoms with Gasteiger partial charge in [0.1, 0.15) is 5.82 Å². The standard InChI is InChI=1S/C16H13Cl2FN2/c17-12-5-6-13(18)16-14(12)11(7-8-20)15(21-16)9-1-3-10(19)4-2-9/h1-6,21H,7-8,20H2. The van der Waals surface area contributed by atoms with Gasteiger partial charge in [-0.15, -0.1) is 0 Å². The van der Waals surface area contributed by atoms with Crippen molar-refractivity contribution in [3.8, 4) is 11.3 Å². The first-order valence-corrected chi connectivity index (χ1v) is 7.32. The SMILES string of the molecule is NCCc1c(-c2ccc(F)cc2)[nH]c2c(Cl)ccc(Cl)c12. The van der Waals surface area contributed by atoms with Crippen molar-refractivity contribution >= 4 is 34.1 Å². The monoisotopic (exact) mass is 322 g/mol. The van der Waals surface area contributed by atoms with E-state index in [-0.39, 0.29) is 5.82 Å². The van der Waals surface area contributed by atoms with Crippen molar-refractivity contribution in [2.24, 2.45) is 5.73 Å². The Labute approximate surface area is 131 Å². The van der Waals surface area contributed by atoms with Crippen LogP contribution in [0.15, 0.2) is 36.4 Å². The molecule has 3 N–H and O–H groups in total. The summed E-state index contributed by atoms with van der Waals surface area (Å²) in [5.74, 6) is -0.272. The van der Waals surface area contributed by atoms with Crippen LogP contribution in [0.2, 0.25) is 10.0 Å². The Kier molecular flexibility index (Phi) is 3.89. The van der Waals surface area contributed by atoms with Gasteiger partial charge in [-0.05, 0) is 60.5 Å². The Morgan fingerprint density at radius 3 is 2.33 bits per heavy atom. The molecule has 0 saturated carbocycles. The summed E-state index contributed by atoms with van der Waals surface area (Å²) in [6.45, 7) is 0.490. The number of hydrogen-bond acceptors (Lipinski definition) is 1. The van der Waals surface area contributed by atoms with Crippen molar-refractivity contribution in [2.45, 2.75) is 6.42 Å². The third-order valence-electron chi connectivity index (χ3n) is 3.48. The molecule has 0 unspecified atom stereocenters. The molecule has 2 nitrogen and oxygen atoms in total. The molecule has 0 spiro atoms. The lowest BCUT2D eigenvalue weighted by atomic mass is 10.0. The maximum Gasteiger partial charge on any atom is 0.123 e. The van der Waals surface area contributed by atoms with Crippen LogP contribution in [0.25, 0.3) is 22.2 Å². The van der Waals surface area contributed by atoms with Gasteiger partial charge in [-0.25, -0.2) is 4.39 Å². The Hall–Kier alpha value is -1.55. The van der Waals surface area contributed by atoms with Gasteiger partial charge in [0.15, 0.2) is 0 Å². The minimum Gasteiger partial charge on any atom is -0.353 e. The number of fused-ring (bicyclic) bond motifs is 1. The second-order valence-corrected chi connectivity index (χ2v) is 5.62. The zero-order valence-electron chi connectivity index (χ0n) is 11.1. The van der Waals surface area contributed by atoms with Crippen LogP contribution in [-0.2, 0) is 6.42 Å². The fraction of sp³-hybridized carbons (Fsp3) is 0.125. The lowest BCUT2D eigenvalue weighted by molar-refractivity contribution is 0.628. The molecule has 1 heterocycles. The van der Waals surface area contributed by atoms with E-state index in [1.165, 1.54) is 12.1 Å². The third-order valence-corrected chi connectivity index (χ3v) is 4.11. The van der Waals surface area contributed by atoms with E-state index in [9.17, 15) is 4.39 Å². The number of H-pyrrole nitrogens is 1. The van der Waals surface area contributed by atoms with Crippen LogP contribution < -0.4 is 5.73 Å². The highest BCUT2D eigenvalue weighted by molar-refractivity contribution is 6.40. The lowest BCUT2D eigenvalue weighted by Gasteiger charge is -2.04. The van der Waals surface area contributed by atoms with Crippen LogP contribution in [0, 0.1) is 5.82 Å². The minimum atomic E-state index is -0.272. The largest absolute Gasteiger partial charge is 0.353 e. The maximum absolute atomic E-state index is 13.1. The summed E-state index contributed by atoms with van der Waals surface area (Å²) >= 11 is 12.6. The van der Waals surface area contributed by atoms with Crippen molar-refractivity contribution in [3.63, 3.8) is 0 Å². The summed E-state index contributed by atoms with van der Waals surface area (Å²) in [4.78, 5) is 3.30. The van der Waals surface area contributed by atoms with Gasteiger partial charge in [-0.2, -0.15) is 0 Å². The Bertz CT molecular complexity index is 794. The molecule has 3 aromatic rings. The van der Waals surface area contributed by atoms with E-state index in [1.807, 2.05) is 0 Å². The molecule has 108 valence electrons. The van der Waals surface area contributed by atoms with Crippen LogP contribution in [0.3, 0.4) is 0 Å². The van der Waals surface area contributed by atoms with E-state index in [2.05, 4.69) is 4.98 Å². The second-order valence-electron chi connectivity index (χ2n) is 4.80. The fourth-order valence-electron chi connectivity index (χ4n) is 2.55. The molecule has 0 aliphatic rings. The number of nitrogens with one attached hydrogen (secondary N) is 1. The minimum absolute atomic E-state index is 0.272. The normalized spacial score (nSPS) is 11.2. The molecular formula is C16H13Cl2FN2. The summed E-state index contributed by atoms with van der Waals surface area (Å²) in [6, 6.07) is 9.83. The van der Waals surface area contributed by atoms with Gasteiger partial charge >= 0.3 is 0 Å². The van der Waals surface area contributed by atoms with Crippen molar-refractivity contribution < 1.29 is 4.39 Å². The van der Waals surface area contributed by atoms with Gasteiger partial charge in [-0.3, -0.25) is 0 Å². The maximum atomic E-state index is 13.1. The molecular weight excluding hydrogens is 310 g/mol.